The smallest absolute Gasteiger partial charge is 0.149 e. The molecule has 0 bridgehead atoms. The van der Waals surface area contributed by atoms with E-state index in [0.29, 0.717) is 6.54 Å². The van der Waals surface area contributed by atoms with Gasteiger partial charge in [-0.3, -0.25) is 0 Å². The van der Waals surface area contributed by atoms with Crippen LogP contribution in [0.15, 0.2) is 40.9 Å². The quantitative estimate of drug-likeness (QED) is 0.544. The van der Waals surface area contributed by atoms with Crippen molar-refractivity contribution in [1.29, 1.82) is 0 Å². The lowest BCUT2D eigenvalue weighted by atomic mass is 10.2. The molecule has 1 N–H and O–H groups in total. The minimum Gasteiger partial charge on any atom is -0.379 e. The maximum atomic E-state index is 13.5. The highest BCUT2D eigenvalue weighted by Crippen LogP contribution is 2.24. The first kappa shape index (κ1) is 13.7. The van der Waals surface area contributed by atoms with Gasteiger partial charge in [0, 0.05) is 16.2 Å². The van der Waals surface area contributed by atoms with Crippen LogP contribution in [0.25, 0.3) is 0 Å². The molecular formula is C13H9BrF2IN. The Balaban J connectivity index is 2.10. The summed E-state index contributed by atoms with van der Waals surface area (Å²) in [6.45, 7) is 0.492. The summed E-state index contributed by atoms with van der Waals surface area (Å²) in [4.78, 5) is 0. The molecule has 0 spiro atoms. The Hall–Kier alpha value is -0.690. The number of hydrogen-bond donors (Lipinski definition) is 1. The normalized spacial score (nSPS) is 10.4. The van der Waals surface area contributed by atoms with Gasteiger partial charge in [-0.2, -0.15) is 0 Å². The fourth-order valence-corrected chi connectivity index (χ4v) is 2.16. The fourth-order valence-electron chi connectivity index (χ4n) is 1.46. The number of benzene rings is 2. The molecule has 0 radical (unpaired) electrons. The summed E-state index contributed by atoms with van der Waals surface area (Å²) in [5, 5.41) is 2.94. The maximum Gasteiger partial charge on any atom is 0.149 e. The van der Waals surface area contributed by atoms with Gasteiger partial charge < -0.3 is 5.32 Å². The number of halogens is 4. The van der Waals surface area contributed by atoms with E-state index in [2.05, 4.69) is 43.8 Å². The van der Waals surface area contributed by atoms with Crippen molar-refractivity contribution < 1.29 is 8.78 Å². The van der Waals surface area contributed by atoms with Gasteiger partial charge in [0.25, 0.3) is 0 Å². The summed E-state index contributed by atoms with van der Waals surface area (Å²) in [7, 11) is 0. The highest BCUT2D eigenvalue weighted by molar-refractivity contribution is 14.1. The van der Waals surface area contributed by atoms with Crippen molar-refractivity contribution in [3.63, 3.8) is 0 Å². The van der Waals surface area contributed by atoms with Crippen LogP contribution in [0.4, 0.5) is 14.5 Å². The van der Waals surface area contributed by atoms with Crippen LogP contribution >= 0.6 is 38.5 Å². The van der Waals surface area contributed by atoms with Gasteiger partial charge >= 0.3 is 0 Å². The molecule has 18 heavy (non-hydrogen) atoms. The highest BCUT2D eigenvalue weighted by Gasteiger charge is 2.07. The average molecular weight is 424 g/mol. The minimum absolute atomic E-state index is 0.244. The Bertz CT molecular complexity index is 558. The van der Waals surface area contributed by atoms with E-state index < -0.39 is 11.6 Å². The van der Waals surface area contributed by atoms with Crippen molar-refractivity contribution in [2.24, 2.45) is 0 Å². The minimum atomic E-state index is -0.604. The summed E-state index contributed by atoms with van der Waals surface area (Å²) in [6.07, 6.45) is 0. The van der Waals surface area contributed by atoms with E-state index in [0.717, 1.165) is 15.2 Å². The lowest BCUT2D eigenvalue weighted by Crippen LogP contribution is -2.02. The lowest BCUT2D eigenvalue weighted by Gasteiger charge is -2.09. The molecule has 0 amide bonds. The van der Waals surface area contributed by atoms with Crippen molar-refractivity contribution in [2.45, 2.75) is 6.54 Å². The summed E-state index contributed by atoms with van der Waals surface area (Å²) in [6, 6.07) is 10.2. The Morgan fingerprint density at radius 1 is 1.06 bits per heavy atom. The van der Waals surface area contributed by atoms with Crippen molar-refractivity contribution in [3.05, 3.63) is 61.6 Å². The van der Waals surface area contributed by atoms with Gasteiger partial charge in [-0.1, -0.05) is 12.1 Å². The molecule has 0 aliphatic heterocycles. The molecule has 0 aromatic heterocycles. The first-order valence-electron chi connectivity index (χ1n) is 5.19. The van der Waals surface area contributed by atoms with E-state index in [9.17, 15) is 8.78 Å². The zero-order valence-electron chi connectivity index (χ0n) is 9.18. The van der Waals surface area contributed by atoms with Gasteiger partial charge in [-0.15, -0.1) is 0 Å². The predicted octanol–water partition coefficient (Wildman–Crippen LogP) is 4.94. The number of anilines is 1. The highest BCUT2D eigenvalue weighted by atomic mass is 127. The molecule has 2 aromatic rings. The van der Waals surface area contributed by atoms with Gasteiger partial charge in [-0.05, 0) is 62.3 Å². The molecule has 0 saturated carbocycles. The van der Waals surface area contributed by atoms with E-state index in [1.54, 1.807) is 0 Å². The van der Waals surface area contributed by atoms with Crippen LogP contribution in [0.2, 0.25) is 0 Å². The summed E-state index contributed by atoms with van der Waals surface area (Å²) >= 11 is 5.25. The lowest BCUT2D eigenvalue weighted by molar-refractivity contribution is 0.580. The second-order valence-corrected chi connectivity index (χ2v) is 5.83. The molecule has 0 heterocycles. The van der Waals surface area contributed by atoms with E-state index in [-0.39, 0.29) is 10.2 Å². The topological polar surface area (TPSA) is 12.0 Å². The van der Waals surface area contributed by atoms with Crippen LogP contribution in [0.3, 0.4) is 0 Å². The van der Waals surface area contributed by atoms with Gasteiger partial charge in [-0.25, -0.2) is 8.78 Å². The van der Waals surface area contributed by atoms with E-state index >= 15 is 0 Å². The SMILES string of the molecule is Fc1cc(F)c(NCc2ccc(I)cc2)cc1Br. The summed E-state index contributed by atoms with van der Waals surface area (Å²) < 4.78 is 27.9. The molecule has 0 aliphatic rings. The van der Waals surface area contributed by atoms with Crippen molar-refractivity contribution in [2.75, 3.05) is 5.32 Å². The number of rotatable bonds is 3. The summed E-state index contributed by atoms with van der Waals surface area (Å²) in [5.41, 5.74) is 1.32. The Kier molecular flexibility index (Phi) is 4.55. The second kappa shape index (κ2) is 5.97. The van der Waals surface area contributed by atoms with Crippen molar-refractivity contribution in [1.82, 2.24) is 0 Å². The predicted molar refractivity (Wildman–Crippen MR) is 80.5 cm³/mol. The second-order valence-electron chi connectivity index (χ2n) is 3.73. The van der Waals surface area contributed by atoms with Crippen LogP contribution in [-0.4, -0.2) is 0 Å². The first-order chi connectivity index (χ1) is 8.56. The Labute approximate surface area is 126 Å². The van der Waals surface area contributed by atoms with E-state index in [1.807, 2.05) is 24.3 Å². The third-order valence-electron chi connectivity index (χ3n) is 2.41. The van der Waals surface area contributed by atoms with Crippen LogP contribution in [0.5, 0.6) is 0 Å². The molecule has 0 unspecified atom stereocenters. The third-order valence-corrected chi connectivity index (χ3v) is 3.73. The molecule has 0 fully saturated rings. The summed E-state index contributed by atoms with van der Waals surface area (Å²) in [5.74, 6) is -1.20. The molecular weight excluding hydrogens is 415 g/mol. The molecule has 5 heteroatoms. The Morgan fingerprint density at radius 2 is 1.72 bits per heavy atom. The fraction of sp³-hybridized carbons (Fsp3) is 0.0769. The van der Waals surface area contributed by atoms with Crippen LogP contribution in [-0.2, 0) is 6.54 Å². The van der Waals surface area contributed by atoms with Gasteiger partial charge in [0.05, 0.1) is 10.2 Å². The standard InChI is InChI=1S/C13H9BrF2IN/c14-10-5-13(12(16)6-11(10)15)18-7-8-1-3-9(17)4-2-8/h1-6,18H,7H2. The average Bonchev–Trinajstić information content (AvgIpc) is 2.34. The van der Waals surface area contributed by atoms with E-state index in [1.165, 1.54) is 6.07 Å². The largest absolute Gasteiger partial charge is 0.379 e. The third kappa shape index (κ3) is 3.41. The first-order valence-corrected chi connectivity index (χ1v) is 7.06. The zero-order valence-corrected chi connectivity index (χ0v) is 12.9. The van der Waals surface area contributed by atoms with Gasteiger partial charge in [0.15, 0.2) is 0 Å². The molecule has 0 saturated heterocycles. The molecule has 2 rings (SSSR count). The van der Waals surface area contributed by atoms with Crippen molar-refractivity contribution in [3.8, 4) is 0 Å². The molecule has 2 aromatic carbocycles. The number of hydrogen-bond acceptors (Lipinski definition) is 1. The van der Waals surface area contributed by atoms with Crippen LogP contribution in [0.1, 0.15) is 5.56 Å². The molecule has 1 nitrogen and oxygen atoms in total. The number of nitrogens with one attached hydrogen (secondary N) is 1. The van der Waals surface area contributed by atoms with Gasteiger partial charge in [0.1, 0.15) is 11.6 Å². The molecule has 94 valence electrons. The van der Waals surface area contributed by atoms with Crippen molar-refractivity contribution >= 4 is 44.2 Å². The van der Waals surface area contributed by atoms with Crippen LogP contribution < -0.4 is 5.32 Å². The van der Waals surface area contributed by atoms with Crippen LogP contribution in [0, 0.1) is 15.2 Å². The monoisotopic (exact) mass is 423 g/mol. The maximum absolute atomic E-state index is 13.5. The van der Waals surface area contributed by atoms with Gasteiger partial charge in [0.2, 0.25) is 0 Å². The molecule has 0 atom stereocenters. The zero-order chi connectivity index (χ0) is 13.1. The Morgan fingerprint density at radius 3 is 2.39 bits per heavy atom. The van der Waals surface area contributed by atoms with E-state index in [4.69, 9.17) is 0 Å². The molecule has 0 aliphatic carbocycles.